The molecule has 2 rings (SSSR count). The van der Waals surface area contributed by atoms with Gasteiger partial charge in [0.2, 0.25) is 0 Å². The molecule has 0 amide bonds. The van der Waals surface area contributed by atoms with Gasteiger partial charge in [-0.05, 0) is 30.5 Å². The quantitative estimate of drug-likeness (QED) is 0.801. The third kappa shape index (κ3) is 2.01. The molecule has 0 aromatic carbocycles. The molecule has 5 heteroatoms. The molecule has 0 saturated heterocycles. The molecule has 0 saturated carbocycles. The van der Waals surface area contributed by atoms with Crippen molar-refractivity contribution in [3.8, 4) is 0 Å². The van der Waals surface area contributed by atoms with Gasteiger partial charge in [-0.2, -0.15) is 0 Å². The van der Waals surface area contributed by atoms with E-state index in [1.165, 1.54) is 0 Å². The van der Waals surface area contributed by atoms with Crippen LogP contribution in [0.5, 0.6) is 0 Å². The zero-order chi connectivity index (χ0) is 13.3. The van der Waals surface area contributed by atoms with Crippen LogP contribution in [0.4, 0.5) is 0 Å². The third-order valence-electron chi connectivity index (χ3n) is 3.66. The Morgan fingerprint density at radius 2 is 2.11 bits per heavy atom. The van der Waals surface area contributed by atoms with Crippen LogP contribution in [0, 0.1) is 5.92 Å². The zero-order valence-electron chi connectivity index (χ0n) is 11.1. The summed E-state index contributed by atoms with van der Waals surface area (Å²) >= 11 is 6.00. The van der Waals surface area contributed by atoms with Crippen LogP contribution in [-0.4, -0.2) is 19.7 Å². The predicted octanol–water partition coefficient (Wildman–Crippen LogP) is 2.83. The molecule has 96 valence electrons. The van der Waals surface area contributed by atoms with E-state index < -0.39 is 0 Å². The lowest BCUT2D eigenvalue weighted by molar-refractivity contribution is 0.373. The van der Waals surface area contributed by atoms with E-state index in [0.717, 1.165) is 11.4 Å². The van der Waals surface area contributed by atoms with E-state index in [-0.39, 0.29) is 5.41 Å². The van der Waals surface area contributed by atoms with Crippen molar-refractivity contribution in [1.29, 1.82) is 0 Å². The molecule has 1 unspecified atom stereocenters. The van der Waals surface area contributed by atoms with Gasteiger partial charge < -0.3 is 4.57 Å². The monoisotopic (exact) mass is 264 g/mol. The molecule has 4 nitrogen and oxygen atoms in total. The van der Waals surface area contributed by atoms with E-state index in [0.29, 0.717) is 11.1 Å². The normalized spacial score (nSPS) is 14.8. The standard InChI is InChI=1S/C13H17ClN4/c1-9(2)13(3,12-17-16-8-18(12)4)10-5-6-15-11(14)7-10/h5-9H,1-4H3. The summed E-state index contributed by atoms with van der Waals surface area (Å²) in [5.74, 6) is 1.29. The van der Waals surface area contributed by atoms with Gasteiger partial charge in [-0.25, -0.2) is 4.98 Å². The summed E-state index contributed by atoms with van der Waals surface area (Å²) in [6.07, 6.45) is 3.45. The minimum atomic E-state index is -0.238. The number of hydrogen-bond donors (Lipinski definition) is 0. The van der Waals surface area contributed by atoms with Gasteiger partial charge in [-0.15, -0.1) is 10.2 Å². The number of halogens is 1. The Kier molecular flexibility index (Phi) is 3.39. The maximum Gasteiger partial charge on any atom is 0.143 e. The van der Waals surface area contributed by atoms with E-state index in [9.17, 15) is 0 Å². The molecule has 0 aliphatic rings. The van der Waals surface area contributed by atoms with Crippen molar-refractivity contribution in [3.63, 3.8) is 0 Å². The third-order valence-corrected chi connectivity index (χ3v) is 3.86. The summed E-state index contributed by atoms with van der Waals surface area (Å²) in [6.45, 7) is 6.50. The largest absolute Gasteiger partial charge is 0.320 e. The van der Waals surface area contributed by atoms with Gasteiger partial charge in [0.1, 0.15) is 17.3 Å². The Balaban J connectivity index is 2.62. The van der Waals surface area contributed by atoms with Gasteiger partial charge in [-0.1, -0.05) is 25.4 Å². The van der Waals surface area contributed by atoms with Gasteiger partial charge in [0.15, 0.2) is 0 Å². The summed E-state index contributed by atoms with van der Waals surface area (Å²) in [7, 11) is 1.96. The smallest absolute Gasteiger partial charge is 0.143 e. The maximum atomic E-state index is 6.00. The highest BCUT2D eigenvalue weighted by molar-refractivity contribution is 6.29. The molecule has 18 heavy (non-hydrogen) atoms. The molecule has 0 fully saturated rings. The van der Waals surface area contributed by atoms with Crippen LogP contribution in [-0.2, 0) is 12.5 Å². The average molecular weight is 265 g/mol. The lowest BCUT2D eigenvalue weighted by Gasteiger charge is -2.33. The van der Waals surface area contributed by atoms with Crippen molar-refractivity contribution >= 4 is 11.6 Å². The van der Waals surface area contributed by atoms with Gasteiger partial charge in [-0.3, -0.25) is 0 Å². The second kappa shape index (κ2) is 4.69. The summed E-state index contributed by atoms with van der Waals surface area (Å²) in [4.78, 5) is 4.04. The first kappa shape index (κ1) is 13.0. The van der Waals surface area contributed by atoms with Gasteiger partial charge >= 0.3 is 0 Å². The van der Waals surface area contributed by atoms with Crippen LogP contribution in [0.15, 0.2) is 24.7 Å². The van der Waals surface area contributed by atoms with E-state index in [1.807, 2.05) is 23.7 Å². The van der Waals surface area contributed by atoms with Crippen LogP contribution < -0.4 is 0 Å². The van der Waals surface area contributed by atoms with Crippen LogP contribution >= 0.6 is 11.6 Å². The van der Waals surface area contributed by atoms with E-state index >= 15 is 0 Å². The number of hydrogen-bond acceptors (Lipinski definition) is 3. The molecule has 0 N–H and O–H groups in total. The Morgan fingerprint density at radius 3 is 2.61 bits per heavy atom. The summed E-state index contributed by atoms with van der Waals surface area (Å²) in [5, 5.41) is 8.75. The Labute approximate surface area is 112 Å². The molecule has 0 aliphatic heterocycles. The first-order chi connectivity index (χ1) is 8.46. The van der Waals surface area contributed by atoms with E-state index in [2.05, 4.69) is 36.0 Å². The molecular formula is C13H17ClN4. The first-order valence-electron chi connectivity index (χ1n) is 5.92. The summed E-state index contributed by atoms with van der Waals surface area (Å²) in [5.41, 5.74) is 0.867. The first-order valence-corrected chi connectivity index (χ1v) is 6.30. The Hall–Kier alpha value is -1.42. The number of aromatic nitrogens is 4. The minimum absolute atomic E-state index is 0.238. The molecule has 2 aromatic heterocycles. The fraction of sp³-hybridized carbons (Fsp3) is 0.462. The SMILES string of the molecule is CC(C)C(C)(c1ccnc(Cl)c1)c1nncn1C. The molecule has 0 radical (unpaired) electrons. The second-order valence-corrected chi connectivity index (χ2v) is 5.38. The number of pyridine rings is 1. The summed E-state index contributed by atoms with van der Waals surface area (Å²) in [6, 6.07) is 3.89. The lowest BCUT2D eigenvalue weighted by atomic mass is 9.73. The molecule has 1 atom stereocenters. The molecule has 0 spiro atoms. The Morgan fingerprint density at radius 1 is 1.39 bits per heavy atom. The van der Waals surface area contributed by atoms with Crippen molar-refractivity contribution in [2.45, 2.75) is 26.2 Å². The highest BCUT2D eigenvalue weighted by Crippen LogP contribution is 2.37. The number of nitrogens with zero attached hydrogens (tertiary/aromatic N) is 4. The predicted molar refractivity (Wildman–Crippen MR) is 71.5 cm³/mol. The van der Waals surface area contributed by atoms with Crippen molar-refractivity contribution < 1.29 is 0 Å². The van der Waals surface area contributed by atoms with Gasteiger partial charge in [0, 0.05) is 13.2 Å². The van der Waals surface area contributed by atoms with Crippen LogP contribution in [0.25, 0.3) is 0 Å². The minimum Gasteiger partial charge on any atom is -0.320 e. The average Bonchev–Trinajstić information content (AvgIpc) is 2.74. The second-order valence-electron chi connectivity index (χ2n) is 4.99. The molecule has 0 aliphatic carbocycles. The Bertz CT molecular complexity index is 549. The van der Waals surface area contributed by atoms with Crippen molar-refractivity contribution in [2.75, 3.05) is 0 Å². The topological polar surface area (TPSA) is 43.6 Å². The van der Waals surface area contributed by atoms with Crippen molar-refractivity contribution in [1.82, 2.24) is 19.7 Å². The fourth-order valence-corrected chi connectivity index (χ4v) is 2.37. The van der Waals surface area contributed by atoms with Gasteiger partial charge in [0.05, 0.1) is 5.41 Å². The molecule has 2 heterocycles. The van der Waals surface area contributed by atoms with Crippen LogP contribution in [0.3, 0.4) is 0 Å². The lowest BCUT2D eigenvalue weighted by Crippen LogP contribution is -2.33. The summed E-state index contributed by atoms with van der Waals surface area (Å²) < 4.78 is 1.95. The van der Waals surface area contributed by atoms with Crippen molar-refractivity contribution in [3.05, 3.63) is 41.2 Å². The zero-order valence-corrected chi connectivity index (χ0v) is 11.8. The number of rotatable bonds is 3. The molecule has 0 bridgehead atoms. The van der Waals surface area contributed by atoms with Crippen LogP contribution in [0.1, 0.15) is 32.2 Å². The number of aryl methyl sites for hydroxylation is 1. The fourth-order valence-electron chi connectivity index (χ4n) is 2.20. The molecular weight excluding hydrogens is 248 g/mol. The van der Waals surface area contributed by atoms with E-state index in [1.54, 1.807) is 12.5 Å². The van der Waals surface area contributed by atoms with Crippen molar-refractivity contribution in [2.24, 2.45) is 13.0 Å². The highest BCUT2D eigenvalue weighted by atomic mass is 35.5. The maximum absolute atomic E-state index is 6.00. The van der Waals surface area contributed by atoms with Gasteiger partial charge in [0.25, 0.3) is 0 Å². The van der Waals surface area contributed by atoms with Crippen LogP contribution in [0.2, 0.25) is 5.15 Å². The highest BCUT2D eigenvalue weighted by Gasteiger charge is 2.36. The molecule has 2 aromatic rings. The van der Waals surface area contributed by atoms with E-state index in [4.69, 9.17) is 11.6 Å².